The minimum Gasteiger partial charge on any atom is -0.462 e. The van der Waals surface area contributed by atoms with Crippen LogP contribution in [0.15, 0.2) is 75.4 Å². The Morgan fingerprint density at radius 3 is 0.940 bits per heavy atom. The summed E-state index contributed by atoms with van der Waals surface area (Å²) in [5.41, 5.74) is -3.21. The lowest BCUT2D eigenvalue weighted by Gasteiger charge is -2.31. The average Bonchev–Trinajstić information content (AvgIpc) is 3.12. The molecular weight excluding hydrogens is 668 g/mol. The van der Waals surface area contributed by atoms with Gasteiger partial charge in [-0.25, -0.2) is 38.4 Å². The molecule has 2 amide bonds. The summed E-state index contributed by atoms with van der Waals surface area (Å²) in [5, 5.41) is 4.35. The quantitative estimate of drug-likeness (QED) is 0.0619. The smallest absolute Gasteiger partial charge is 0.408 e. The third-order valence-corrected chi connectivity index (χ3v) is 5.78. The van der Waals surface area contributed by atoms with Crippen molar-refractivity contribution in [3.63, 3.8) is 0 Å². The molecule has 0 spiro atoms. The van der Waals surface area contributed by atoms with Gasteiger partial charge in [-0.05, 0) is 6.92 Å². The minimum absolute atomic E-state index is 0.0206. The van der Waals surface area contributed by atoms with E-state index in [1.54, 1.807) is 0 Å². The molecule has 0 radical (unpaired) electrons. The van der Waals surface area contributed by atoms with Gasteiger partial charge in [-0.2, -0.15) is 0 Å². The van der Waals surface area contributed by atoms with Crippen LogP contribution in [0.25, 0.3) is 0 Å². The summed E-state index contributed by atoms with van der Waals surface area (Å²) in [6.07, 6.45) is 1.92. The molecule has 0 bridgehead atoms. The normalized spacial score (nSPS) is 10.3. The van der Waals surface area contributed by atoms with Crippen LogP contribution in [0.2, 0.25) is 0 Å². The fourth-order valence-corrected chi connectivity index (χ4v) is 2.99. The molecule has 0 aliphatic rings. The first-order chi connectivity index (χ1) is 23.6. The molecule has 0 aromatic heterocycles. The van der Waals surface area contributed by atoms with Crippen LogP contribution >= 0.6 is 0 Å². The van der Waals surface area contributed by atoms with Gasteiger partial charge in [-0.3, -0.25) is 0 Å². The summed E-state index contributed by atoms with van der Waals surface area (Å²) in [5.74, 6) is -5.27. The van der Waals surface area contributed by atoms with E-state index in [2.05, 4.69) is 50.1 Å². The maximum atomic E-state index is 12.5. The number of amides is 2. The van der Waals surface area contributed by atoms with Crippen molar-refractivity contribution in [1.29, 1.82) is 0 Å². The number of rotatable bonds is 24. The predicted octanol–water partition coefficient (Wildman–Crippen LogP) is 1.13. The molecule has 2 N–H and O–H groups in total. The van der Waals surface area contributed by atoms with Gasteiger partial charge in [0.25, 0.3) is 0 Å². The van der Waals surface area contributed by atoms with Crippen molar-refractivity contribution < 1.29 is 76.3 Å². The number of hydrogen-bond donors (Lipinski definition) is 2. The van der Waals surface area contributed by atoms with Crippen LogP contribution in [-0.2, 0) is 66.7 Å². The first kappa shape index (κ1) is 43.8. The zero-order valence-corrected chi connectivity index (χ0v) is 27.5. The van der Waals surface area contributed by atoms with E-state index in [9.17, 15) is 38.4 Å². The molecule has 274 valence electrons. The highest BCUT2D eigenvalue weighted by Crippen LogP contribution is 2.23. The molecule has 0 unspecified atom stereocenters. The van der Waals surface area contributed by atoms with Gasteiger partial charge < -0.3 is 48.5 Å². The second-order valence-corrected chi connectivity index (χ2v) is 10.1. The summed E-state index contributed by atoms with van der Waals surface area (Å²) in [7, 11) is 0. The first-order valence-electron chi connectivity index (χ1n) is 14.2. The van der Waals surface area contributed by atoms with E-state index in [4.69, 9.17) is 37.9 Å². The lowest BCUT2D eigenvalue weighted by Crippen LogP contribution is -2.46. The molecule has 0 atom stereocenters. The van der Waals surface area contributed by atoms with Crippen molar-refractivity contribution >= 4 is 48.0 Å². The van der Waals surface area contributed by atoms with Gasteiger partial charge in [-0.15, -0.1) is 0 Å². The Hall–Kier alpha value is -6.20. The standard InChI is InChI=1S/C32H40N2O16/c1-8-23(35)43-13-31(14-44-24(36)9-2,15-45-25(37)10-3)19-49-29(41)33-21-34-30(42)50-20-32(16-46-26(38)11-4,17-47-27(39)12-5)18-48-28(40)22(6)7/h8-12H,1-6,13-21H2,7H3,(H,33,41)(H,34,42). The number of hydrogen-bond acceptors (Lipinski definition) is 16. The summed E-state index contributed by atoms with van der Waals surface area (Å²) >= 11 is 0. The Balaban J connectivity index is 5.62. The maximum Gasteiger partial charge on any atom is 0.408 e. The van der Waals surface area contributed by atoms with Crippen LogP contribution in [-0.4, -0.2) is 108 Å². The summed E-state index contributed by atoms with van der Waals surface area (Å²) in [6.45, 7) is 15.8. The second-order valence-electron chi connectivity index (χ2n) is 10.1. The molecule has 0 aliphatic carbocycles. The molecule has 0 aliphatic heterocycles. The Labute approximate surface area is 287 Å². The molecular formula is C32H40N2O16. The molecule has 0 saturated heterocycles. The first-order valence-corrected chi connectivity index (χ1v) is 14.2. The van der Waals surface area contributed by atoms with E-state index in [1.807, 2.05) is 0 Å². The van der Waals surface area contributed by atoms with Gasteiger partial charge in [0.15, 0.2) is 0 Å². The fourth-order valence-electron chi connectivity index (χ4n) is 2.99. The van der Waals surface area contributed by atoms with Crippen LogP contribution < -0.4 is 10.6 Å². The van der Waals surface area contributed by atoms with E-state index < -0.39 is 118 Å². The van der Waals surface area contributed by atoms with Crippen molar-refractivity contribution in [2.24, 2.45) is 10.8 Å². The van der Waals surface area contributed by atoms with E-state index in [1.165, 1.54) is 6.92 Å². The van der Waals surface area contributed by atoms with Crippen LogP contribution in [0.3, 0.4) is 0 Å². The van der Waals surface area contributed by atoms with E-state index >= 15 is 0 Å². The molecule has 0 aromatic carbocycles. The van der Waals surface area contributed by atoms with E-state index in [-0.39, 0.29) is 5.57 Å². The predicted molar refractivity (Wildman–Crippen MR) is 170 cm³/mol. The van der Waals surface area contributed by atoms with Crippen molar-refractivity contribution in [2.75, 3.05) is 59.5 Å². The van der Waals surface area contributed by atoms with Gasteiger partial charge in [0.2, 0.25) is 0 Å². The van der Waals surface area contributed by atoms with Gasteiger partial charge in [-0.1, -0.05) is 39.5 Å². The lowest BCUT2D eigenvalue weighted by molar-refractivity contribution is -0.161. The average molecular weight is 709 g/mol. The van der Waals surface area contributed by atoms with Crippen molar-refractivity contribution in [3.8, 4) is 0 Å². The van der Waals surface area contributed by atoms with Crippen LogP contribution in [0.4, 0.5) is 9.59 Å². The summed E-state index contributed by atoms with van der Waals surface area (Å²) in [4.78, 5) is 95.7. The highest BCUT2D eigenvalue weighted by molar-refractivity contribution is 5.87. The highest BCUT2D eigenvalue weighted by Gasteiger charge is 2.39. The number of alkyl carbamates (subject to hydrolysis) is 2. The minimum atomic E-state index is -1.62. The third kappa shape index (κ3) is 18.2. The Kier molecular flexibility index (Phi) is 20.3. The number of nitrogens with one attached hydrogen (secondary N) is 2. The molecule has 0 heterocycles. The van der Waals surface area contributed by atoms with Gasteiger partial charge >= 0.3 is 48.0 Å². The maximum absolute atomic E-state index is 12.5. The topological polar surface area (TPSA) is 234 Å². The van der Waals surface area contributed by atoms with Crippen LogP contribution in [0.5, 0.6) is 0 Å². The summed E-state index contributed by atoms with van der Waals surface area (Å²) < 4.78 is 40.7. The van der Waals surface area contributed by atoms with Crippen molar-refractivity contribution in [1.82, 2.24) is 10.6 Å². The molecule has 0 fully saturated rings. The molecule has 18 heteroatoms. The number of ether oxygens (including phenoxy) is 8. The zero-order chi connectivity index (χ0) is 38.2. The van der Waals surface area contributed by atoms with Gasteiger partial charge in [0, 0.05) is 36.0 Å². The highest BCUT2D eigenvalue weighted by atomic mass is 16.6. The Morgan fingerprint density at radius 1 is 0.460 bits per heavy atom. The second kappa shape index (κ2) is 23.2. The Bertz CT molecular complexity index is 1250. The third-order valence-electron chi connectivity index (χ3n) is 5.78. The number of carbonyl (C=O) groups is 8. The fraction of sp³-hybridized carbons (Fsp3) is 0.375. The van der Waals surface area contributed by atoms with Gasteiger partial charge in [0.05, 0.1) is 6.67 Å². The Morgan fingerprint density at radius 2 is 0.700 bits per heavy atom. The molecule has 0 saturated carbocycles. The van der Waals surface area contributed by atoms with Crippen molar-refractivity contribution in [2.45, 2.75) is 6.92 Å². The summed E-state index contributed by atoms with van der Waals surface area (Å²) in [6, 6.07) is 0. The zero-order valence-electron chi connectivity index (χ0n) is 27.5. The SMILES string of the molecule is C=CC(=O)OCC(COC(=O)C=C)(COC(=O)C=C)COC(=O)NCNC(=O)OCC(COC(=O)C=C)(COC(=O)C=C)COC(=O)C(=C)C. The van der Waals surface area contributed by atoms with Crippen LogP contribution in [0.1, 0.15) is 6.92 Å². The number of esters is 6. The lowest BCUT2D eigenvalue weighted by atomic mass is 9.92. The van der Waals surface area contributed by atoms with E-state index in [0.29, 0.717) is 0 Å². The monoisotopic (exact) mass is 708 g/mol. The molecule has 0 rings (SSSR count). The molecule has 0 aromatic rings. The number of carbonyl (C=O) groups excluding carboxylic acids is 8. The van der Waals surface area contributed by atoms with Gasteiger partial charge in [0.1, 0.15) is 63.7 Å². The van der Waals surface area contributed by atoms with Crippen molar-refractivity contribution in [3.05, 3.63) is 75.4 Å². The van der Waals surface area contributed by atoms with Crippen LogP contribution in [0, 0.1) is 10.8 Å². The molecule has 18 nitrogen and oxygen atoms in total. The van der Waals surface area contributed by atoms with E-state index in [0.717, 1.165) is 30.4 Å². The largest absolute Gasteiger partial charge is 0.462 e. The molecule has 50 heavy (non-hydrogen) atoms.